The van der Waals surface area contributed by atoms with Gasteiger partial charge in [0.1, 0.15) is 12.0 Å². The van der Waals surface area contributed by atoms with Crippen LogP contribution in [0.5, 0.6) is 0 Å². The van der Waals surface area contributed by atoms with Gasteiger partial charge in [-0.1, -0.05) is 49.4 Å². The van der Waals surface area contributed by atoms with E-state index in [0.717, 1.165) is 34.4 Å². The molecule has 0 bridgehead atoms. The number of nitrogens with zero attached hydrogens (tertiary/aromatic N) is 4. The maximum absolute atomic E-state index is 15.1. The fourth-order valence-corrected chi connectivity index (χ4v) is 6.49. The Bertz CT molecular complexity index is 1730. The van der Waals surface area contributed by atoms with E-state index in [9.17, 15) is 9.18 Å². The summed E-state index contributed by atoms with van der Waals surface area (Å²) in [6.45, 7) is 8.69. The fourth-order valence-electron chi connectivity index (χ4n) is 6.49. The van der Waals surface area contributed by atoms with E-state index in [2.05, 4.69) is 11.6 Å². The molecule has 2 aromatic heterocycles. The molecule has 0 radical (unpaired) electrons. The van der Waals surface area contributed by atoms with Gasteiger partial charge in [0.2, 0.25) is 0 Å². The number of rotatable bonds is 11. The summed E-state index contributed by atoms with van der Waals surface area (Å²) in [5, 5.41) is 8.98. The molecule has 2 aliphatic rings. The zero-order valence-corrected chi connectivity index (χ0v) is 26.1. The monoisotopic (exact) mass is 609 g/mol. The third kappa shape index (κ3) is 6.60. The Morgan fingerprint density at radius 3 is 2.51 bits per heavy atom. The number of piperidine rings is 1. The van der Waals surface area contributed by atoms with Crippen LogP contribution < -0.4 is 0 Å². The van der Waals surface area contributed by atoms with Crippen molar-refractivity contribution in [1.82, 2.24) is 19.4 Å². The molecule has 2 atom stereocenters. The number of halogens is 2. The van der Waals surface area contributed by atoms with Crippen molar-refractivity contribution in [3.63, 3.8) is 0 Å². The highest BCUT2D eigenvalue weighted by Gasteiger charge is 2.30. The largest absolute Gasteiger partial charge is 0.339 e. The van der Waals surface area contributed by atoms with E-state index < -0.39 is 12.5 Å². The van der Waals surface area contributed by atoms with Crippen LogP contribution in [0.3, 0.4) is 0 Å². The summed E-state index contributed by atoms with van der Waals surface area (Å²) in [4.78, 5) is 25.1. The molecule has 1 amide bonds. The quantitative estimate of drug-likeness (QED) is 0.137. The SMILES string of the molecule is C=C(Cc1cc(C(=O)N2CCC(c3nc4ccccc4n3C(F)CC)CC2)cnc1C(=N)c1cccc(C(C)F)c1)CC1CC1. The minimum Gasteiger partial charge on any atom is -0.339 e. The van der Waals surface area contributed by atoms with Crippen molar-refractivity contribution in [3.05, 3.63) is 107 Å². The molecule has 3 heterocycles. The molecule has 234 valence electrons. The van der Waals surface area contributed by atoms with Gasteiger partial charge in [-0.3, -0.25) is 19.8 Å². The van der Waals surface area contributed by atoms with Gasteiger partial charge in [0.05, 0.1) is 28.0 Å². The van der Waals surface area contributed by atoms with Gasteiger partial charge in [-0.05, 0) is 93.2 Å². The predicted molar refractivity (Wildman–Crippen MR) is 174 cm³/mol. The summed E-state index contributed by atoms with van der Waals surface area (Å²) < 4.78 is 30.9. The standard InChI is InChI=1S/C37H41F2N5O/c1-4-33(39)44-32-11-6-5-10-31(32)42-36(44)26-14-16-43(17-15-26)37(45)30-21-29(19-23(2)18-25-12-13-25)35(41-22-30)34(40)28-9-7-8-27(20-28)24(3)38/h5-11,20-22,24-26,33,40H,2,4,12-19H2,1,3H3. The molecule has 1 saturated heterocycles. The van der Waals surface area contributed by atoms with Crippen molar-refractivity contribution in [2.75, 3.05) is 13.1 Å². The second-order valence-electron chi connectivity index (χ2n) is 12.7. The van der Waals surface area contributed by atoms with Crippen molar-refractivity contribution >= 4 is 22.7 Å². The number of alkyl halides is 2. The third-order valence-corrected chi connectivity index (χ3v) is 9.19. The predicted octanol–water partition coefficient (Wildman–Crippen LogP) is 8.67. The van der Waals surface area contributed by atoms with Crippen molar-refractivity contribution in [3.8, 4) is 0 Å². The number of amides is 1. The Hall–Kier alpha value is -4.20. The van der Waals surface area contributed by atoms with Crippen LogP contribution in [0, 0.1) is 11.3 Å². The summed E-state index contributed by atoms with van der Waals surface area (Å²) in [6, 6.07) is 16.5. The lowest BCUT2D eigenvalue weighted by Gasteiger charge is -2.32. The van der Waals surface area contributed by atoms with E-state index in [-0.39, 0.29) is 17.5 Å². The number of carbonyl (C=O) groups is 1. The molecule has 2 unspecified atom stereocenters. The molecule has 1 aliphatic carbocycles. The minimum absolute atomic E-state index is 0.0522. The van der Waals surface area contributed by atoms with Crippen molar-refractivity contribution in [2.45, 2.75) is 77.2 Å². The van der Waals surface area contributed by atoms with Gasteiger partial charge in [0.15, 0.2) is 6.30 Å². The number of para-hydroxylation sites is 2. The summed E-state index contributed by atoms with van der Waals surface area (Å²) in [5.41, 5.74) is 5.71. The number of hydrogen-bond donors (Lipinski definition) is 1. The molecule has 0 spiro atoms. The smallest absolute Gasteiger partial charge is 0.255 e. The molecule has 6 nitrogen and oxygen atoms in total. The lowest BCUT2D eigenvalue weighted by atomic mass is 9.93. The van der Waals surface area contributed by atoms with Crippen LogP contribution in [0.1, 0.15) is 109 Å². The number of nitrogens with one attached hydrogen (secondary N) is 1. The summed E-state index contributed by atoms with van der Waals surface area (Å²) in [6.07, 6.45) is 4.89. The van der Waals surface area contributed by atoms with Crippen LogP contribution in [0.2, 0.25) is 0 Å². The molecule has 2 aromatic carbocycles. The van der Waals surface area contributed by atoms with E-state index in [1.54, 1.807) is 35.0 Å². The maximum Gasteiger partial charge on any atom is 0.255 e. The average Bonchev–Trinajstić information content (AvgIpc) is 3.79. The number of benzene rings is 2. The summed E-state index contributed by atoms with van der Waals surface area (Å²) in [5.74, 6) is 1.37. The minimum atomic E-state index is -1.15. The number of aromatic nitrogens is 3. The molecular weight excluding hydrogens is 568 g/mol. The second kappa shape index (κ2) is 13.0. The first kappa shape index (κ1) is 30.8. The Labute approximate surface area is 263 Å². The van der Waals surface area contributed by atoms with Crippen LogP contribution in [-0.2, 0) is 6.42 Å². The van der Waals surface area contributed by atoms with Crippen LogP contribution in [0.15, 0.2) is 72.9 Å². The Morgan fingerprint density at radius 2 is 1.80 bits per heavy atom. The fraction of sp³-hybridized carbons (Fsp3) is 0.405. The van der Waals surface area contributed by atoms with Gasteiger partial charge in [-0.2, -0.15) is 0 Å². The summed E-state index contributed by atoms with van der Waals surface area (Å²) >= 11 is 0. The molecule has 1 saturated carbocycles. The van der Waals surface area contributed by atoms with E-state index in [4.69, 9.17) is 10.4 Å². The zero-order chi connectivity index (χ0) is 31.7. The lowest BCUT2D eigenvalue weighted by molar-refractivity contribution is 0.0707. The third-order valence-electron chi connectivity index (χ3n) is 9.19. The Balaban J connectivity index is 1.22. The number of fused-ring (bicyclic) bond motifs is 1. The average molecular weight is 610 g/mol. The number of allylic oxidation sites excluding steroid dienone is 1. The molecule has 45 heavy (non-hydrogen) atoms. The molecule has 8 heteroatoms. The number of likely N-dealkylation sites (tertiary alicyclic amines) is 1. The van der Waals surface area contributed by atoms with E-state index in [0.29, 0.717) is 67.1 Å². The highest BCUT2D eigenvalue weighted by atomic mass is 19.1. The second-order valence-corrected chi connectivity index (χ2v) is 12.7. The number of imidazole rings is 1. The van der Waals surface area contributed by atoms with E-state index in [1.807, 2.05) is 42.2 Å². The van der Waals surface area contributed by atoms with Gasteiger partial charge in [0, 0.05) is 30.8 Å². The molecule has 1 aliphatic heterocycles. The molecule has 2 fully saturated rings. The van der Waals surface area contributed by atoms with Crippen LogP contribution in [0.4, 0.5) is 8.78 Å². The van der Waals surface area contributed by atoms with Gasteiger partial charge in [-0.15, -0.1) is 0 Å². The Kier molecular flexibility index (Phi) is 8.92. The highest BCUT2D eigenvalue weighted by molar-refractivity contribution is 6.11. The van der Waals surface area contributed by atoms with Crippen molar-refractivity contribution < 1.29 is 13.6 Å². The molecule has 6 rings (SSSR count). The molecule has 1 N–H and O–H groups in total. The van der Waals surface area contributed by atoms with Crippen LogP contribution in [0.25, 0.3) is 11.0 Å². The van der Waals surface area contributed by atoms with Crippen molar-refractivity contribution in [2.24, 2.45) is 5.92 Å². The van der Waals surface area contributed by atoms with Crippen LogP contribution >= 0.6 is 0 Å². The zero-order valence-electron chi connectivity index (χ0n) is 26.1. The van der Waals surface area contributed by atoms with Crippen molar-refractivity contribution in [1.29, 1.82) is 5.41 Å². The number of hydrogen-bond acceptors (Lipinski definition) is 4. The normalized spacial score (nSPS) is 16.9. The van der Waals surface area contributed by atoms with Gasteiger partial charge in [0.25, 0.3) is 5.91 Å². The molecule has 4 aromatic rings. The lowest BCUT2D eigenvalue weighted by Crippen LogP contribution is -2.38. The van der Waals surface area contributed by atoms with Crippen LogP contribution in [-0.4, -0.2) is 44.1 Å². The maximum atomic E-state index is 15.1. The molecular formula is C37H41F2N5O. The number of pyridine rings is 1. The van der Waals surface area contributed by atoms with E-state index in [1.165, 1.54) is 19.8 Å². The Morgan fingerprint density at radius 1 is 1.04 bits per heavy atom. The first-order chi connectivity index (χ1) is 21.7. The number of carbonyl (C=O) groups excluding carboxylic acids is 1. The first-order valence-corrected chi connectivity index (χ1v) is 16.1. The van der Waals surface area contributed by atoms with Gasteiger partial charge >= 0.3 is 0 Å². The van der Waals surface area contributed by atoms with E-state index >= 15 is 4.39 Å². The van der Waals surface area contributed by atoms with Gasteiger partial charge < -0.3 is 4.90 Å². The van der Waals surface area contributed by atoms with Gasteiger partial charge in [-0.25, -0.2) is 13.8 Å². The highest BCUT2D eigenvalue weighted by Crippen LogP contribution is 2.36. The summed E-state index contributed by atoms with van der Waals surface area (Å²) in [7, 11) is 0. The first-order valence-electron chi connectivity index (χ1n) is 16.1. The topological polar surface area (TPSA) is 74.9 Å².